The van der Waals surface area contributed by atoms with Crippen LogP contribution in [0.3, 0.4) is 0 Å². The first-order valence-electron chi connectivity index (χ1n) is 4.75. The molecule has 0 saturated heterocycles. The molecule has 0 saturated carbocycles. The minimum atomic E-state index is -1.66. The van der Waals surface area contributed by atoms with Crippen molar-refractivity contribution in [2.75, 3.05) is 0 Å². The van der Waals surface area contributed by atoms with Gasteiger partial charge in [0.05, 0.1) is 0 Å². The zero-order valence-corrected chi connectivity index (χ0v) is 10.4. The van der Waals surface area contributed by atoms with E-state index in [1.165, 1.54) is 16.0 Å². The number of amides is 9. The molecule has 0 unspecified atom stereocenters. The van der Waals surface area contributed by atoms with Gasteiger partial charge < -0.3 is 17.2 Å². The van der Waals surface area contributed by atoms with Crippen molar-refractivity contribution in [3.63, 3.8) is 0 Å². The fraction of sp³-hybridized carbons (Fsp3) is 0. The number of carbonyl (C=O) groups is 6. The summed E-state index contributed by atoms with van der Waals surface area (Å²) in [6.45, 7) is 0. The van der Waals surface area contributed by atoms with Gasteiger partial charge in [0.25, 0.3) is 0 Å². The molecule has 0 rings (SSSR count). The first-order valence-corrected chi connectivity index (χ1v) is 4.75. The lowest BCUT2D eigenvalue weighted by atomic mass is 11.0. The Balaban J connectivity index is 4.74. The summed E-state index contributed by atoms with van der Waals surface area (Å²) < 4.78 is 0. The minimum Gasteiger partial charge on any atom is -0.351 e. The summed E-state index contributed by atoms with van der Waals surface area (Å²) in [6.07, 6.45) is -4.98. The topological polar surface area (TPSA) is 248 Å². The van der Waals surface area contributed by atoms with Crippen LogP contribution in [-0.2, 0) is 14.5 Å². The van der Waals surface area contributed by atoms with Crippen LogP contribution in [0.1, 0.15) is 0 Å². The molecule has 0 spiro atoms. The van der Waals surface area contributed by atoms with E-state index in [0.717, 1.165) is 0 Å². The van der Waals surface area contributed by atoms with Crippen LogP contribution in [-0.4, -0.2) is 41.8 Å². The highest BCUT2D eigenvalue weighted by Crippen LogP contribution is 1.97. The highest BCUT2D eigenvalue weighted by atomic mass is 17.2. The van der Waals surface area contributed by atoms with E-state index in [1.807, 2.05) is 0 Å². The highest BCUT2D eigenvalue weighted by molar-refractivity contribution is 5.91. The molecule has 122 valence electrons. The third kappa shape index (κ3) is 9.16. The largest absolute Gasteiger partial charge is 0.439 e. The Hall–Kier alpha value is -3.82. The molecule has 9 amide bonds. The van der Waals surface area contributed by atoms with Crippen LogP contribution in [0, 0.1) is 0 Å². The van der Waals surface area contributed by atoms with E-state index in [4.69, 9.17) is 0 Å². The smallest absolute Gasteiger partial charge is 0.351 e. The number of hydrogen-bond donors (Lipinski definition) is 6. The summed E-state index contributed by atoms with van der Waals surface area (Å²) in [7, 11) is 0. The van der Waals surface area contributed by atoms with Gasteiger partial charge in [0.15, 0.2) is 0 Å². The monoisotopic (exact) mass is 323 g/mol. The Morgan fingerprint density at radius 3 is 1.00 bits per heavy atom. The second-order valence-corrected chi connectivity index (χ2v) is 2.83. The van der Waals surface area contributed by atoms with Crippen LogP contribution >= 0.6 is 0 Å². The molecule has 0 radical (unpaired) electrons. The lowest BCUT2D eigenvalue weighted by Crippen LogP contribution is -2.46. The van der Waals surface area contributed by atoms with E-state index in [2.05, 4.69) is 31.7 Å². The molecule has 0 aromatic rings. The summed E-state index contributed by atoms with van der Waals surface area (Å²) in [5.41, 5.74) is 13.7. The van der Waals surface area contributed by atoms with Crippen LogP contribution in [0.4, 0.5) is 28.8 Å². The second kappa shape index (κ2) is 8.37. The van der Waals surface area contributed by atoms with Gasteiger partial charge in [-0.1, -0.05) is 0 Å². The number of primary amides is 3. The van der Waals surface area contributed by atoms with Gasteiger partial charge in [-0.15, -0.1) is 0 Å². The Bertz CT molecular complexity index is 433. The van der Waals surface area contributed by atoms with Crippen molar-refractivity contribution in [2.24, 2.45) is 17.2 Å². The number of imide groups is 3. The first kappa shape index (κ1) is 18.2. The number of hydrogen-bond acceptors (Lipinski definition) is 10. The van der Waals surface area contributed by atoms with Gasteiger partial charge in [0, 0.05) is 0 Å². The third-order valence-electron chi connectivity index (χ3n) is 1.15. The van der Waals surface area contributed by atoms with Gasteiger partial charge >= 0.3 is 36.4 Å². The number of urea groups is 3. The van der Waals surface area contributed by atoms with E-state index >= 15 is 0 Å². The average Bonchev–Trinajstić information content (AvgIpc) is 2.23. The van der Waals surface area contributed by atoms with Crippen LogP contribution < -0.4 is 33.2 Å². The van der Waals surface area contributed by atoms with Crippen LogP contribution in [0.25, 0.3) is 0 Å². The van der Waals surface area contributed by atoms with Crippen molar-refractivity contribution >= 4 is 36.4 Å². The summed E-state index contributed by atoms with van der Waals surface area (Å²) in [5, 5.41) is 3.40. The van der Waals surface area contributed by atoms with Crippen molar-refractivity contribution in [2.45, 2.75) is 0 Å². The van der Waals surface area contributed by atoms with Crippen molar-refractivity contribution in [3.8, 4) is 0 Å². The molecule has 0 atom stereocenters. The molecule has 16 nitrogen and oxygen atoms in total. The molecule has 0 fully saturated rings. The van der Waals surface area contributed by atoms with Crippen LogP contribution in [0.2, 0.25) is 0 Å². The van der Waals surface area contributed by atoms with E-state index in [1.54, 1.807) is 0 Å². The number of carbonyl (C=O) groups excluding carboxylic acids is 6. The number of nitrogens with two attached hydrogens (primary N) is 3. The summed E-state index contributed by atoms with van der Waals surface area (Å²) in [4.78, 5) is 76.0. The fourth-order valence-corrected chi connectivity index (χ4v) is 0.629. The summed E-state index contributed by atoms with van der Waals surface area (Å²) >= 11 is 0. The third-order valence-corrected chi connectivity index (χ3v) is 1.15. The molecular formula is C6H9N7O9. The molecule has 9 N–H and O–H groups in total. The average molecular weight is 323 g/mol. The number of rotatable bonds is 3. The number of nitrogens with zero attached hydrogens (tertiary/aromatic N) is 1. The standard InChI is InChI=1S/C6H9N7O9/c7-1(14)10-4(17)20-13(21-5(18)11-2(8)15)22-6(19)12-3(9)16/h(H3,7,10,14,17)(H3,8,11,15,18)(H3,9,12,16,19). The quantitative estimate of drug-likeness (QED) is 0.296. The van der Waals surface area contributed by atoms with E-state index in [9.17, 15) is 28.8 Å². The van der Waals surface area contributed by atoms with Crippen molar-refractivity contribution in [3.05, 3.63) is 0 Å². The summed E-state index contributed by atoms with van der Waals surface area (Å²) in [5.74, 6) is 0. The van der Waals surface area contributed by atoms with Gasteiger partial charge in [-0.2, -0.15) is 0 Å². The maximum Gasteiger partial charge on any atom is 0.439 e. The Morgan fingerprint density at radius 2 is 0.818 bits per heavy atom. The van der Waals surface area contributed by atoms with Crippen molar-refractivity contribution in [1.82, 2.24) is 21.3 Å². The first-order chi connectivity index (χ1) is 10.1. The fourth-order valence-electron chi connectivity index (χ4n) is 0.629. The molecule has 0 bridgehead atoms. The molecule has 0 aromatic carbocycles. The molecule has 0 heterocycles. The molecule has 0 aliphatic heterocycles. The number of nitrogens with one attached hydrogen (secondary N) is 3. The summed E-state index contributed by atoms with van der Waals surface area (Å²) in [6, 6.07) is -4.10. The normalized spacial score (nSPS) is 9.14. The lowest BCUT2D eigenvalue weighted by molar-refractivity contribution is -0.449. The van der Waals surface area contributed by atoms with Crippen LogP contribution in [0.5, 0.6) is 0 Å². The van der Waals surface area contributed by atoms with Gasteiger partial charge in [0.2, 0.25) is 5.39 Å². The van der Waals surface area contributed by atoms with Gasteiger partial charge in [-0.3, -0.25) is 14.5 Å². The molecule has 0 aliphatic carbocycles. The SMILES string of the molecule is NC(=O)NC(=O)ON(OC(=O)NC(N)=O)OC(=O)NC(N)=O. The van der Waals surface area contributed by atoms with E-state index in [0.29, 0.717) is 0 Å². The maximum atomic E-state index is 11.0. The predicted molar refractivity (Wildman–Crippen MR) is 59.4 cm³/mol. The van der Waals surface area contributed by atoms with Gasteiger partial charge in [-0.05, 0) is 0 Å². The molecule has 0 aromatic heterocycles. The van der Waals surface area contributed by atoms with Gasteiger partial charge in [-0.25, -0.2) is 44.7 Å². The van der Waals surface area contributed by atoms with E-state index < -0.39 is 41.8 Å². The molecule has 0 aliphatic rings. The van der Waals surface area contributed by atoms with E-state index in [-0.39, 0.29) is 0 Å². The zero-order valence-electron chi connectivity index (χ0n) is 10.4. The van der Waals surface area contributed by atoms with Gasteiger partial charge in [0.1, 0.15) is 0 Å². The molecular weight excluding hydrogens is 314 g/mol. The second-order valence-electron chi connectivity index (χ2n) is 2.83. The maximum absolute atomic E-state index is 11.0. The van der Waals surface area contributed by atoms with Crippen molar-refractivity contribution < 1.29 is 43.3 Å². The Labute approximate surface area is 119 Å². The predicted octanol–water partition coefficient (Wildman–Crippen LogP) is -2.55. The zero-order chi connectivity index (χ0) is 17.3. The highest BCUT2D eigenvalue weighted by Gasteiger charge is 2.24. The Kier molecular flexibility index (Phi) is 6.92. The minimum absolute atomic E-state index is 0.588. The van der Waals surface area contributed by atoms with Crippen molar-refractivity contribution in [1.29, 1.82) is 0 Å². The van der Waals surface area contributed by atoms with Crippen LogP contribution in [0.15, 0.2) is 0 Å². The lowest BCUT2D eigenvalue weighted by Gasteiger charge is -2.16. The molecule has 16 heteroatoms. The molecule has 22 heavy (non-hydrogen) atoms. The Morgan fingerprint density at radius 1 is 0.591 bits per heavy atom.